The molecule has 0 heterocycles. The molecule has 0 saturated heterocycles. The summed E-state index contributed by atoms with van der Waals surface area (Å²) < 4.78 is 1.06. The maximum absolute atomic E-state index is 12.4. The molecule has 2 rings (SSSR count). The third-order valence-electron chi connectivity index (χ3n) is 3.01. The fourth-order valence-electron chi connectivity index (χ4n) is 1.99. The number of halogens is 1. The predicted molar refractivity (Wildman–Crippen MR) is 101 cm³/mol. The monoisotopic (exact) mass is 422 g/mol. The average molecular weight is 422 g/mol. The molecule has 0 atom stereocenters. The number of nitrogens with one attached hydrogen (secondary N) is 2. The molecule has 0 aromatic heterocycles. The van der Waals surface area contributed by atoms with Crippen LogP contribution in [-0.2, 0) is 0 Å². The fourth-order valence-corrected chi connectivity index (χ4v) is 2.35. The number of rotatable bonds is 3. The van der Waals surface area contributed by atoms with E-state index in [0.717, 1.165) is 3.57 Å². The van der Waals surface area contributed by atoms with Crippen molar-refractivity contribution in [2.45, 2.75) is 26.3 Å². The van der Waals surface area contributed by atoms with E-state index in [1.54, 1.807) is 36.4 Å². The lowest BCUT2D eigenvalue weighted by Gasteiger charge is -2.21. The van der Waals surface area contributed by atoms with Gasteiger partial charge in [0.1, 0.15) is 0 Å². The molecule has 0 aliphatic carbocycles. The Balaban J connectivity index is 2.22. The lowest BCUT2D eigenvalue weighted by Crippen LogP contribution is -2.40. The fraction of sp³-hybridized carbons (Fsp3) is 0.222. The molecule has 0 spiro atoms. The van der Waals surface area contributed by atoms with Gasteiger partial charge in [0.15, 0.2) is 0 Å². The Morgan fingerprint density at radius 1 is 0.913 bits per heavy atom. The minimum atomic E-state index is -0.343. The number of carbonyl (C=O) groups is 2. The third-order valence-corrected chi connectivity index (χ3v) is 3.73. The van der Waals surface area contributed by atoms with Crippen LogP contribution in [0.15, 0.2) is 48.5 Å². The zero-order valence-corrected chi connectivity index (χ0v) is 15.5. The first-order valence-electron chi connectivity index (χ1n) is 7.25. The van der Waals surface area contributed by atoms with Gasteiger partial charge < -0.3 is 10.6 Å². The minimum absolute atomic E-state index is 0.212. The van der Waals surface area contributed by atoms with Crippen molar-refractivity contribution in [1.82, 2.24) is 5.32 Å². The molecular weight excluding hydrogens is 403 g/mol. The van der Waals surface area contributed by atoms with Crippen LogP contribution in [0.3, 0.4) is 0 Å². The first-order valence-corrected chi connectivity index (χ1v) is 8.32. The van der Waals surface area contributed by atoms with Crippen LogP contribution in [0.4, 0.5) is 5.69 Å². The summed E-state index contributed by atoms with van der Waals surface area (Å²) >= 11 is 2.19. The van der Waals surface area contributed by atoms with Crippen LogP contribution in [0.2, 0.25) is 0 Å². The molecule has 0 radical (unpaired) electrons. The van der Waals surface area contributed by atoms with Crippen LogP contribution in [0, 0.1) is 3.57 Å². The quantitative estimate of drug-likeness (QED) is 0.733. The molecule has 0 unspecified atom stereocenters. The zero-order valence-electron chi connectivity index (χ0n) is 13.3. The van der Waals surface area contributed by atoms with Crippen molar-refractivity contribution in [3.05, 3.63) is 63.2 Å². The van der Waals surface area contributed by atoms with Gasteiger partial charge in [-0.15, -0.1) is 0 Å². The number of hydrogen-bond donors (Lipinski definition) is 2. The van der Waals surface area contributed by atoms with Crippen molar-refractivity contribution in [2.24, 2.45) is 0 Å². The van der Waals surface area contributed by atoms with E-state index in [1.165, 1.54) is 0 Å². The molecule has 2 amide bonds. The molecule has 5 heteroatoms. The molecule has 0 aliphatic heterocycles. The van der Waals surface area contributed by atoms with Gasteiger partial charge in [0, 0.05) is 14.7 Å². The van der Waals surface area contributed by atoms with Gasteiger partial charge in [0.25, 0.3) is 11.8 Å². The Bertz CT molecular complexity index is 719. The number of para-hydroxylation sites is 1. The first-order chi connectivity index (χ1) is 10.8. The second kappa shape index (κ2) is 7.12. The Hall–Kier alpha value is -1.89. The summed E-state index contributed by atoms with van der Waals surface area (Å²) in [7, 11) is 0. The molecule has 4 nitrogen and oxygen atoms in total. The van der Waals surface area contributed by atoms with Gasteiger partial charge in [0.2, 0.25) is 0 Å². The van der Waals surface area contributed by atoms with Gasteiger partial charge in [-0.3, -0.25) is 9.59 Å². The van der Waals surface area contributed by atoms with E-state index in [-0.39, 0.29) is 17.4 Å². The third kappa shape index (κ3) is 5.06. The van der Waals surface area contributed by atoms with Crippen LogP contribution < -0.4 is 10.6 Å². The van der Waals surface area contributed by atoms with Gasteiger partial charge in [-0.2, -0.15) is 0 Å². The molecule has 0 saturated carbocycles. The van der Waals surface area contributed by atoms with Gasteiger partial charge >= 0.3 is 0 Å². The van der Waals surface area contributed by atoms with Crippen molar-refractivity contribution in [2.75, 3.05) is 5.32 Å². The topological polar surface area (TPSA) is 58.2 Å². The second-order valence-electron chi connectivity index (χ2n) is 6.21. The maximum atomic E-state index is 12.4. The van der Waals surface area contributed by atoms with Gasteiger partial charge in [0.05, 0.1) is 11.3 Å². The summed E-state index contributed by atoms with van der Waals surface area (Å²) in [5, 5.41) is 5.72. The highest BCUT2D eigenvalue weighted by atomic mass is 127. The first kappa shape index (κ1) is 17.5. The SMILES string of the molecule is CC(C)(C)NC(=O)c1ccccc1NC(=O)c1ccc(I)cc1. The zero-order chi connectivity index (χ0) is 17.0. The molecule has 120 valence electrons. The van der Waals surface area contributed by atoms with E-state index in [0.29, 0.717) is 16.8 Å². The molecule has 2 N–H and O–H groups in total. The number of carbonyl (C=O) groups excluding carboxylic acids is 2. The molecule has 0 aliphatic rings. The number of amides is 2. The average Bonchev–Trinajstić information content (AvgIpc) is 2.46. The Morgan fingerprint density at radius 2 is 1.52 bits per heavy atom. The van der Waals surface area contributed by atoms with Crippen LogP contribution in [-0.4, -0.2) is 17.4 Å². The highest BCUT2D eigenvalue weighted by molar-refractivity contribution is 14.1. The van der Waals surface area contributed by atoms with E-state index in [4.69, 9.17) is 0 Å². The largest absolute Gasteiger partial charge is 0.347 e. The lowest BCUT2D eigenvalue weighted by molar-refractivity contribution is 0.0920. The van der Waals surface area contributed by atoms with Gasteiger partial charge in [-0.05, 0) is 79.8 Å². The highest BCUT2D eigenvalue weighted by Crippen LogP contribution is 2.18. The maximum Gasteiger partial charge on any atom is 0.255 e. The molecule has 2 aromatic carbocycles. The summed E-state index contributed by atoms with van der Waals surface area (Å²) in [6, 6.07) is 14.2. The summed E-state index contributed by atoms with van der Waals surface area (Å²) in [5.74, 6) is -0.451. The standard InChI is InChI=1S/C18H19IN2O2/c1-18(2,3)21-17(23)14-6-4-5-7-15(14)20-16(22)12-8-10-13(19)11-9-12/h4-11H,1-3H3,(H,20,22)(H,21,23). The van der Waals surface area contributed by atoms with Crippen molar-refractivity contribution < 1.29 is 9.59 Å². The molecule has 2 aromatic rings. The van der Waals surface area contributed by atoms with Crippen LogP contribution in [0.25, 0.3) is 0 Å². The van der Waals surface area contributed by atoms with Crippen molar-refractivity contribution in [3.63, 3.8) is 0 Å². The van der Waals surface area contributed by atoms with Crippen LogP contribution >= 0.6 is 22.6 Å². The minimum Gasteiger partial charge on any atom is -0.347 e. The van der Waals surface area contributed by atoms with E-state index >= 15 is 0 Å². The summed E-state index contributed by atoms with van der Waals surface area (Å²) in [6.07, 6.45) is 0. The molecule has 0 bridgehead atoms. The number of anilines is 1. The summed E-state index contributed by atoms with van der Waals surface area (Å²) in [6.45, 7) is 5.74. The number of benzene rings is 2. The van der Waals surface area contributed by atoms with Gasteiger partial charge in [-0.25, -0.2) is 0 Å². The normalized spacial score (nSPS) is 11.0. The molecule has 0 fully saturated rings. The van der Waals surface area contributed by atoms with Crippen molar-refractivity contribution >= 4 is 40.1 Å². The van der Waals surface area contributed by atoms with Crippen LogP contribution in [0.5, 0.6) is 0 Å². The molecule has 23 heavy (non-hydrogen) atoms. The second-order valence-corrected chi connectivity index (χ2v) is 7.46. The number of hydrogen-bond acceptors (Lipinski definition) is 2. The smallest absolute Gasteiger partial charge is 0.255 e. The molecular formula is C18H19IN2O2. The summed E-state index contributed by atoms with van der Waals surface area (Å²) in [4.78, 5) is 24.7. The van der Waals surface area contributed by atoms with Crippen molar-refractivity contribution in [1.29, 1.82) is 0 Å². The van der Waals surface area contributed by atoms with E-state index in [2.05, 4.69) is 33.2 Å². The highest BCUT2D eigenvalue weighted by Gasteiger charge is 2.18. The van der Waals surface area contributed by atoms with Crippen molar-refractivity contribution in [3.8, 4) is 0 Å². The Morgan fingerprint density at radius 3 is 2.13 bits per heavy atom. The van der Waals surface area contributed by atoms with Gasteiger partial charge in [-0.1, -0.05) is 12.1 Å². The Kier molecular flexibility index (Phi) is 5.41. The van der Waals surface area contributed by atoms with Crippen LogP contribution in [0.1, 0.15) is 41.5 Å². The van der Waals surface area contributed by atoms with E-state index < -0.39 is 0 Å². The Labute approximate surface area is 149 Å². The van der Waals surface area contributed by atoms with E-state index in [1.807, 2.05) is 32.9 Å². The lowest BCUT2D eigenvalue weighted by atomic mass is 10.1. The summed E-state index contributed by atoms with van der Waals surface area (Å²) in [5.41, 5.74) is 1.15. The van der Waals surface area contributed by atoms with E-state index in [9.17, 15) is 9.59 Å². The predicted octanol–water partition coefficient (Wildman–Crippen LogP) is 4.07.